The smallest absolute Gasteiger partial charge is 0.107 e. The van der Waals surface area contributed by atoms with E-state index in [0.717, 1.165) is 31.1 Å². The largest absolute Gasteiger partial charge is 0.393 e. The minimum absolute atomic E-state index is 0.0338. The van der Waals surface area contributed by atoms with Gasteiger partial charge in [0.25, 0.3) is 0 Å². The predicted octanol–water partition coefficient (Wildman–Crippen LogP) is 2.95. The Labute approximate surface area is 104 Å². The molecule has 3 saturated carbocycles. The summed E-state index contributed by atoms with van der Waals surface area (Å²) in [6.45, 7) is 0. The second kappa shape index (κ2) is 3.83. The van der Waals surface area contributed by atoms with E-state index >= 15 is 0 Å². The van der Waals surface area contributed by atoms with Crippen molar-refractivity contribution in [2.24, 2.45) is 23.7 Å². The fourth-order valence-corrected chi connectivity index (χ4v) is 4.98. The second-order valence-corrected chi connectivity index (χ2v) is 7.39. The van der Waals surface area contributed by atoms with Crippen molar-refractivity contribution in [3.8, 4) is 0 Å². The standard InChI is InChI=1S/C12H18FIO/c13-10-5-7(14)4-9-8-3-6(8)1-2-11(15)12(9)10/h6-12,15H,1-5H2. The first-order chi connectivity index (χ1) is 7.16. The van der Waals surface area contributed by atoms with Gasteiger partial charge in [-0.2, -0.15) is 0 Å². The van der Waals surface area contributed by atoms with Crippen molar-refractivity contribution < 1.29 is 9.50 Å². The molecule has 15 heavy (non-hydrogen) atoms. The second-order valence-electron chi connectivity index (χ2n) is 5.63. The highest BCUT2D eigenvalue weighted by Crippen LogP contribution is 2.57. The van der Waals surface area contributed by atoms with Crippen LogP contribution in [0.25, 0.3) is 0 Å². The number of alkyl halides is 2. The molecule has 7 unspecified atom stereocenters. The Bertz CT molecular complexity index is 260. The number of aliphatic hydroxyl groups excluding tert-OH is 1. The third-order valence-electron chi connectivity index (χ3n) is 4.73. The maximum atomic E-state index is 14.0. The van der Waals surface area contributed by atoms with Gasteiger partial charge in [0.2, 0.25) is 0 Å². The Morgan fingerprint density at radius 2 is 1.87 bits per heavy atom. The molecule has 3 fully saturated rings. The molecule has 7 atom stereocenters. The molecule has 0 saturated heterocycles. The molecule has 86 valence electrons. The van der Waals surface area contributed by atoms with Gasteiger partial charge in [-0.25, -0.2) is 4.39 Å². The average molecular weight is 324 g/mol. The normalized spacial score (nSPS) is 59.0. The van der Waals surface area contributed by atoms with Crippen LogP contribution in [0, 0.1) is 23.7 Å². The molecule has 0 amide bonds. The number of rotatable bonds is 0. The van der Waals surface area contributed by atoms with Crippen LogP contribution in [0.2, 0.25) is 0 Å². The van der Waals surface area contributed by atoms with Crippen molar-refractivity contribution in [2.75, 3.05) is 0 Å². The molecule has 0 aromatic rings. The molecular weight excluding hydrogens is 306 g/mol. The van der Waals surface area contributed by atoms with Gasteiger partial charge in [0, 0.05) is 9.84 Å². The van der Waals surface area contributed by atoms with Gasteiger partial charge >= 0.3 is 0 Å². The molecule has 3 heteroatoms. The van der Waals surface area contributed by atoms with Crippen molar-refractivity contribution in [3.63, 3.8) is 0 Å². The maximum Gasteiger partial charge on any atom is 0.107 e. The summed E-state index contributed by atoms with van der Waals surface area (Å²) in [4.78, 5) is 0. The van der Waals surface area contributed by atoms with E-state index < -0.39 is 6.17 Å². The predicted molar refractivity (Wildman–Crippen MR) is 65.8 cm³/mol. The third kappa shape index (κ3) is 1.84. The summed E-state index contributed by atoms with van der Waals surface area (Å²) in [6.07, 6.45) is 3.98. The van der Waals surface area contributed by atoms with Gasteiger partial charge in [-0.05, 0) is 49.9 Å². The first-order valence-electron chi connectivity index (χ1n) is 6.13. The van der Waals surface area contributed by atoms with Crippen LogP contribution >= 0.6 is 22.6 Å². The Hall–Kier alpha value is 0.620. The Morgan fingerprint density at radius 3 is 2.67 bits per heavy atom. The van der Waals surface area contributed by atoms with Crippen molar-refractivity contribution >= 4 is 22.6 Å². The first kappa shape index (κ1) is 10.8. The third-order valence-corrected chi connectivity index (χ3v) is 5.74. The molecule has 0 spiro atoms. The van der Waals surface area contributed by atoms with Gasteiger partial charge in [-0.15, -0.1) is 0 Å². The van der Waals surface area contributed by atoms with Gasteiger partial charge in [0.15, 0.2) is 0 Å². The molecule has 3 aliphatic carbocycles. The SMILES string of the molecule is OC1CCC2CC2C2CC(I)CC(F)C12. The lowest BCUT2D eigenvalue weighted by Crippen LogP contribution is -2.41. The summed E-state index contributed by atoms with van der Waals surface area (Å²) in [6, 6.07) is 0. The van der Waals surface area contributed by atoms with Crippen molar-refractivity contribution in [1.82, 2.24) is 0 Å². The summed E-state index contributed by atoms with van der Waals surface area (Å²) < 4.78 is 14.5. The van der Waals surface area contributed by atoms with Crippen LogP contribution in [-0.2, 0) is 0 Å². The summed E-state index contributed by atoms with van der Waals surface area (Å²) in [5.41, 5.74) is 0. The highest BCUT2D eigenvalue weighted by Gasteiger charge is 2.54. The summed E-state index contributed by atoms with van der Waals surface area (Å²) in [5, 5.41) is 10.0. The molecule has 0 radical (unpaired) electrons. The van der Waals surface area contributed by atoms with Crippen molar-refractivity contribution in [3.05, 3.63) is 0 Å². The molecule has 3 rings (SSSR count). The van der Waals surface area contributed by atoms with E-state index in [1.165, 1.54) is 6.42 Å². The van der Waals surface area contributed by atoms with E-state index in [2.05, 4.69) is 22.6 Å². The van der Waals surface area contributed by atoms with E-state index in [1.807, 2.05) is 0 Å². The number of hydrogen-bond acceptors (Lipinski definition) is 1. The quantitative estimate of drug-likeness (QED) is 0.537. The zero-order valence-corrected chi connectivity index (χ0v) is 10.9. The highest BCUT2D eigenvalue weighted by atomic mass is 127. The zero-order valence-electron chi connectivity index (χ0n) is 8.78. The fraction of sp³-hybridized carbons (Fsp3) is 1.00. The maximum absolute atomic E-state index is 14.0. The Balaban J connectivity index is 1.84. The summed E-state index contributed by atoms with van der Waals surface area (Å²) in [7, 11) is 0. The lowest BCUT2D eigenvalue weighted by molar-refractivity contribution is -0.00783. The number of hydrogen-bond donors (Lipinski definition) is 1. The molecular formula is C12H18FIO. The fourth-order valence-electron chi connectivity index (χ4n) is 3.91. The molecule has 0 heterocycles. The van der Waals surface area contributed by atoms with Crippen LogP contribution in [0.4, 0.5) is 4.39 Å². The van der Waals surface area contributed by atoms with Crippen molar-refractivity contribution in [1.29, 1.82) is 0 Å². The van der Waals surface area contributed by atoms with E-state index in [4.69, 9.17) is 0 Å². The molecule has 0 aromatic carbocycles. The molecule has 0 aromatic heterocycles. The van der Waals surface area contributed by atoms with E-state index in [1.54, 1.807) is 0 Å². The van der Waals surface area contributed by atoms with Crippen LogP contribution in [0.1, 0.15) is 32.1 Å². The number of halogens is 2. The topological polar surface area (TPSA) is 20.2 Å². The summed E-state index contributed by atoms with van der Waals surface area (Å²) in [5.74, 6) is 2.03. The van der Waals surface area contributed by atoms with Crippen LogP contribution in [0.15, 0.2) is 0 Å². The molecule has 1 N–H and O–H groups in total. The molecule has 0 bridgehead atoms. The van der Waals surface area contributed by atoms with Crippen LogP contribution in [0.3, 0.4) is 0 Å². The van der Waals surface area contributed by atoms with Crippen LogP contribution < -0.4 is 0 Å². The molecule has 0 aliphatic heterocycles. The van der Waals surface area contributed by atoms with Crippen LogP contribution in [0.5, 0.6) is 0 Å². The minimum Gasteiger partial charge on any atom is -0.393 e. The molecule has 1 nitrogen and oxygen atoms in total. The average Bonchev–Trinajstić information content (AvgIpc) is 2.91. The van der Waals surface area contributed by atoms with Gasteiger partial charge in [0.05, 0.1) is 6.10 Å². The minimum atomic E-state index is -0.750. The monoisotopic (exact) mass is 324 g/mol. The summed E-state index contributed by atoms with van der Waals surface area (Å²) >= 11 is 2.39. The van der Waals surface area contributed by atoms with Gasteiger partial charge in [-0.1, -0.05) is 22.6 Å². The number of fused-ring (bicyclic) bond motifs is 3. The lowest BCUT2D eigenvalue weighted by Gasteiger charge is -2.38. The molecule has 3 aliphatic rings. The highest BCUT2D eigenvalue weighted by molar-refractivity contribution is 14.1. The van der Waals surface area contributed by atoms with E-state index in [-0.39, 0.29) is 12.0 Å². The van der Waals surface area contributed by atoms with Crippen molar-refractivity contribution in [2.45, 2.75) is 48.3 Å². The van der Waals surface area contributed by atoms with E-state index in [9.17, 15) is 9.50 Å². The van der Waals surface area contributed by atoms with Gasteiger partial charge in [-0.3, -0.25) is 0 Å². The zero-order chi connectivity index (χ0) is 10.6. The Kier molecular flexibility index (Phi) is 2.74. The van der Waals surface area contributed by atoms with Gasteiger partial charge < -0.3 is 5.11 Å². The van der Waals surface area contributed by atoms with Gasteiger partial charge in [0.1, 0.15) is 6.17 Å². The van der Waals surface area contributed by atoms with Crippen LogP contribution in [-0.4, -0.2) is 21.3 Å². The first-order valence-corrected chi connectivity index (χ1v) is 7.37. The lowest BCUT2D eigenvalue weighted by atomic mass is 9.73. The number of aliphatic hydroxyl groups is 1. The van der Waals surface area contributed by atoms with E-state index in [0.29, 0.717) is 16.3 Å². The Morgan fingerprint density at radius 1 is 1.07 bits per heavy atom.